The van der Waals surface area contributed by atoms with E-state index in [1.54, 1.807) is 38.3 Å². The molecular weight excluding hydrogens is 472 g/mol. The van der Waals surface area contributed by atoms with Crippen molar-refractivity contribution in [2.75, 3.05) is 20.3 Å². The first-order chi connectivity index (χ1) is 16.3. The summed E-state index contributed by atoms with van der Waals surface area (Å²) in [6.07, 6.45) is 4.89. The summed E-state index contributed by atoms with van der Waals surface area (Å²) in [7, 11) is -2.37. The van der Waals surface area contributed by atoms with Crippen LogP contribution in [-0.4, -0.2) is 44.7 Å². The smallest absolute Gasteiger partial charge is 0.284 e. The standard InChI is InChI=1S/C25H30N2O5S2/c1-5-7-8-15-32-21-14-11-19(16-22(21)31-4)17-23-24(28)27(6-2)25(33-23)26-34(29,30)20-12-9-18(3)10-13-20/h9-14,16-17H,5-8,15H2,1-4H3/b23-17-,26-25?. The van der Waals surface area contributed by atoms with Crippen LogP contribution >= 0.6 is 11.8 Å². The van der Waals surface area contributed by atoms with Crippen LogP contribution in [0.1, 0.15) is 44.2 Å². The van der Waals surface area contributed by atoms with Gasteiger partial charge in [-0.15, -0.1) is 4.40 Å². The average molecular weight is 503 g/mol. The number of hydrogen-bond donors (Lipinski definition) is 0. The van der Waals surface area contributed by atoms with E-state index in [1.807, 2.05) is 19.1 Å². The number of thioether (sulfide) groups is 1. The molecule has 0 N–H and O–H groups in total. The van der Waals surface area contributed by atoms with E-state index in [0.717, 1.165) is 42.2 Å². The van der Waals surface area contributed by atoms with E-state index >= 15 is 0 Å². The molecule has 2 aromatic rings. The van der Waals surface area contributed by atoms with Crippen LogP contribution in [0.2, 0.25) is 0 Å². The summed E-state index contributed by atoms with van der Waals surface area (Å²) >= 11 is 1.04. The SMILES string of the molecule is CCCCCOc1ccc(/C=C2\SC(=NS(=O)(=O)c3ccc(C)cc3)N(CC)C2=O)cc1OC. The van der Waals surface area contributed by atoms with Gasteiger partial charge in [-0.05, 0) is 67.9 Å². The number of aryl methyl sites for hydroxylation is 1. The number of nitrogens with zero attached hydrogens (tertiary/aromatic N) is 2. The summed E-state index contributed by atoms with van der Waals surface area (Å²) in [6, 6.07) is 11.9. The quantitative estimate of drug-likeness (QED) is 0.326. The molecule has 182 valence electrons. The Kier molecular flexibility index (Phi) is 8.79. The molecule has 1 aliphatic heterocycles. The molecular formula is C25H30N2O5S2. The van der Waals surface area contributed by atoms with E-state index in [1.165, 1.54) is 17.0 Å². The molecule has 1 heterocycles. The maximum absolute atomic E-state index is 12.9. The van der Waals surface area contributed by atoms with Gasteiger partial charge in [0, 0.05) is 6.54 Å². The summed E-state index contributed by atoms with van der Waals surface area (Å²) in [5.41, 5.74) is 1.69. The first kappa shape index (κ1) is 25.8. The van der Waals surface area contributed by atoms with Gasteiger partial charge in [0.15, 0.2) is 16.7 Å². The fourth-order valence-electron chi connectivity index (χ4n) is 3.30. The summed E-state index contributed by atoms with van der Waals surface area (Å²) in [5, 5.41) is 0.141. The molecule has 0 aromatic heterocycles. The number of likely N-dealkylation sites (N-methyl/N-ethyl adjacent to an activating group) is 1. The monoisotopic (exact) mass is 502 g/mol. The van der Waals surface area contributed by atoms with E-state index in [9.17, 15) is 13.2 Å². The van der Waals surface area contributed by atoms with E-state index in [0.29, 0.717) is 29.6 Å². The second-order valence-corrected chi connectivity index (χ2v) is 10.4. The summed E-state index contributed by atoms with van der Waals surface area (Å²) < 4.78 is 40.8. The fourth-order valence-corrected chi connectivity index (χ4v) is 5.54. The number of carbonyl (C=O) groups is 1. The van der Waals surface area contributed by atoms with Crippen molar-refractivity contribution in [3.8, 4) is 11.5 Å². The minimum Gasteiger partial charge on any atom is -0.493 e. The third-order valence-electron chi connectivity index (χ3n) is 5.21. The summed E-state index contributed by atoms with van der Waals surface area (Å²) in [6.45, 7) is 6.71. The predicted molar refractivity (Wildman–Crippen MR) is 137 cm³/mol. The molecule has 0 spiro atoms. The number of amidine groups is 1. The van der Waals surface area contributed by atoms with Crippen molar-refractivity contribution in [1.82, 2.24) is 4.90 Å². The molecule has 0 bridgehead atoms. The number of carbonyl (C=O) groups excluding carboxylic acids is 1. The van der Waals surface area contributed by atoms with Gasteiger partial charge in [-0.2, -0.15) is 8.42 Å². The van der Waals surface area contributed by atoms with Gasteiger partial charge in [0.05, 0.1) is 23.5 Å². The lowest BCUT2D eigenvalue weighted by molar-refractivity contribution is -0.122. The molecule has 7 nitrogen and oxygen atoms in total. The number of unbranched alkanes of at least 4 members (excludes halogenated alkanes) is 2. The van der Waals surface area contributed by atoms with Crippen LogP contribution in [-0.2, 0) is 14.8 Å². The number of amides is 1. The van der Waals surface area contributed by atoms with Crippen molar-refractivity contribution in [3.05, 3.63) is 58.5 Å². The minimum atomic E-state index is -3.94. The molecule has 0 aliphatic carbocycles. The zero-order valence-corrected chi connectivity index (χ0v) is 21.5. The number of ether oxygens (including phenoxy) is 2. The van der Waals surface area contributed by atoms with Gasteiger partial charge in [-0.25, -0.2) is 0 Å². The Morgan fingerprint density at radius 1 is 1.06 bits per heavy atom. The van der Waals surface area contributed by atoms with Crippen LogP contribution in [0, 0.1) is 6.92 Å². The van der Waals surface area contributed by atoms with Crippen molar-refractivity contribution in [1.29, 1.82) is 0 Å². The number of hydrogen-bond acceptors (Lipinski definition) is 6. The molecule has 1 aliphatic rings. The first-order valence-corrected chi connectivity index (χ1v) is 13.5. The van der Waals surface area contributed by atoms with Gasteiger partial charge in [0.1, 0.15) is 0 Å². The summed E-state index contributed by atoms with van der Waals surface area (Å²) in [5.74, 6) is 0.932. The van der Waals surface area contributed by atoms with E-state index in [4.69, 9.17) is 9.47 Å². The van der Waals surface area contributed by atoms with Crippen LogP contribution in [0.5, 0.6) is 11.5 Å². The highest BCUT2D eigenvalue weighted by molar-refractivity contribution is 8.19. The van der Waals surface area contributed by atoms with Crippen LogP contribution in [0.15, 0.2) is 56.7 Å². The Balaban J connectivity index is 1.85. The number of methoxy groups -OCH3 is 1. The van der Waals surface area contributed by atoms with Gasteiger partial charge < -0.3 is 9.47 Å². The van der Waals surface area contributed by atoms with Crippen molar-refractivity contribution in [2.45, 2.75) is 44.9 Å². The Morgan fingerprint density at radius 2 is 1.79 bits per heavy atom. The lowest BCUT2D eigenvalue weighted by Gasteiger charge is -2.12. The molecule has 0 saturated carbocycles. The lowest BCUT2D eigenvalue weighted by Crippen LogP contribution is -2.29. The molecule has 0 unspecified atom stereocenters. The highest BCUT2D eigenvalue weighted by atomic mass is 32.2. The number of rotatable bonds is 10. The van der Waals surface area contributed by atoms with Gasteiger partial charge >= 0.3 is 0 Å². The molecule has 3 rings (SSSR count). The van der Waals surface area contributed by atoms with Crippen molar-refractivity contribution in [3.63, 3.8) is 0 Å². The van der Waals surface area contributed by atoms with Crippen LogP contribution in [0.25, 0.3) is 6.08 Å². The maximum Gasteiger partial charge on any atom is 0.284 e. The molecule has 1 saturated heterocycles. The normalized spacial score (nSPS) is 16.5. The van der Waals surface area contributed by atoms with Gasteiger partial charge in [-0.3, -0.25) is 9.69 Å². The van der Waals surface area contributed by atoms with E-state index < -0.39 is 10.0 Å². The zero-order chi connectivity index (χ0) is 24.7. The van der Waals surface area contributed by atoms with Crippen LogP contribution in [0.3, 0.4) is 0 Å². The largest absolute Gasteiger partial charge is 0.493 e. The molecule has 2 aromatic carbocycles. The minimum absolute atomic E-state index is 0.0893. The average Bonchev–Trinajstić information content (AvgIpc) is 3.10. The van der Waals surface area contributed by atoms with Crippen LogP contribution < -0.4 is 9.47 Å². The maximum atomic E-state index is 12.9. The first-order valence-electron chi connectivity index (χ1n) is 11.2. The fraction of sp³-hybridized carbons (Fsp3) is 0.360. The number of benzene rings is 2. The molecule has 0 atom stereocenters. The second-order valence-electron chi connectivity index (χ2n) is 7.79. The molecule has 1 amide bonds. The lowest BCUT2D eigenvalue weighted by atomic mass is 10.2. The Bertz CT molecular complexity index is 1190. The third kappa shape index (κ3) is 6.21. The Morgan fingerprint density at radius 3 is 2.44 bits per heavy atom. The molecule has 9 heteroatoms. The third-order valence-corrected chi connectivity index (χ3v) is 7.62. The molecule has 0 radical (unpaired) electrons. The van der Waals surface area contributed by atoms with Crippen LogP contribution in [0.4, 0.5) is 0 Å². The Labute approximate surface area is 205 Å². The number of sulfonamides is 1. The van der Waals surface area contributed by atoms with Crippen molar-refractivity contribution < 1.29 is 22.7 Å². The highest BCUT2D eigenvalue weighted by Gasteiger charge is 2.34. The topological polar surface area (TPSA) is 85.3 Å². The molecule has 1 fully saturated rings. The second kappa shape index (κ2) is 11.6. The van der Waals surface area contributed by atoms with Gasteiger partial charge in [0.2, 0.25) is 0 Å². The molecule has 34 heavy (non-hydrogen) atoms. The van der Waals surface area contributed by atoms with E-state index in [-0.39, 0.29) is 16.0 Å². The van der Waals surface area contributed by atoms with Crippen molar-refractivity contribution in [2.24, 2.45) is 4.40 Å². The van der Waals surface area contributed by atoms with Gasteiger partial charge in [-0.1, -0.05) is 43.5 Å². The summed E-state index contributed by atoms with van der Waals surface area (Å²) in [4.78, 5) is 14.8. The predicted octanol–water partition coefficient (Wildman–Crippen LogP) is 5.25. The van der Waals surface area contributed by atoms with Gasteiger partial charge in [0.25, 0.3) is 15.9 Å². The Hall–Kier alpha value is -2.78. The zero-order valence-electron chi connectivity index (χ0n) is 19.9. The van der Waals surface area contributed by atoms with E-state index in [2.05, 4.69) is 11.3 Å². The highest BCUT2D eigenvalue weighted by Crippen LogP contribution is 2.35. The van der Waals surface area contributed by atoms with Crippen molar-refractivity contribution >= 4 is 38.9 Å².